The van der Waals surface area contributed by atoms with Gasteiger partial charge in [0.25, 0.3) is 5.91 Å². The predicted molar refractivity (Wildman–Crippen MR) is 59.5 cm³/mol. The molecule has 0 radical (unpaired) electrons. The van der Waals surface area contributed by atoms with Gasteiger partial charge in [0.1, 0.15) is 5.82 Å². The van der Waals surface area contributed by atoms with Crippen molar-refractivity contribution in [2.24, 2.45) is 11.5 Å². The van der Waals surface area contributed by atoms with E-state index in [-0.39, 0.29) is 11.6 Å². The summed E-state index contributed by atoms with van der Waals surface area (Å²) in [7, 11) is 0. The molecule has 1 saturated carbocycles. The van der Waals surface area contributed by atoms with E-state index in [0.29, 0.717) is 11.7 Å². The summed E-state index contributed by atoms with van der Waals surface area (Å²) in [6.45, 7) is 0. The first kappa shape index (κ1) is 10.9. The molecule has 5 N–H and O–H groups in total. The van der Waals surface area contributed by atoms with Crippen LogP contribution in [0.1, 0.15) is 23.2 Å². The first-order valence-corrected chi connectivity index (χ1v) is 5.17. The Morgan fingerprint density at radius 2 is 2.12 bits per heavy atom. The summed E-state index contributed by atoms with van der Waals surface area (Å²) >= 11 is 0. The number of hydrogen-bond donors (Lipinski definition) is 3. The third-order valence-electron chi connectivity index (χ3n) is 2.78. The smallest absolute Gasteiger partial charge is 0.251 e. The minimum absolute atomic E-state index is 0.0892. The lowest BCUT2D eigenvalue weighted by atomic mass is 9.87. The average molecular weight is 223 g/mol. The molecule has 1 aromatic rings. The molecule has 0 saturated heterocycles. The maximum atomic E-state index is 13.2. The Hall–Kier alpha value is -1.62. The quantitative estimate of drug-likeness (QED) is 0.709. The van der Waals surface area contributed by atoms with Gasteiger partial charge in [0.2, 0.25) is 0 Å². The Morgan fingerprint density at radius 1 is 1.44 bits per heavy atom. The molecule has 0 aliphatic heterocycles. The maximum Gasteiger partial charge on any atom is 0.251 e. The molecule has 1 aliphatic carbocycles. The first-order valence-electron chi connectivity index (χ1n) is 5.17. The minimum atomic E-state index is -0.758. The normalized spacial score (nSPS) is 23.6. The molecule has 1 amide bonds. The average Bonchev–Trinajstić information content (AvgIpc) is 2.18. The number of halogens is 1. The van der Waals surface area contributed by atoms with Gasteiger partial charge in [0.15, 0.2) is 0 Å². The number of rotatable bonds is 3. The molecule has 0 bridgehead atoms. The van der Waals surface area contributed by atoms with Gasteiger partial charge in [0.05, 0.1) is 5.56 Å². The highest BCUT2D eigenvalue weighted by Gasteiger charge is 2.25. The van der Waals surface area contributed by atoms with Crippen LogP contribution >= 0.6 is 0 Å². The number of carbonyl (C=O) groups is 1. The Kier molecular flexibility index (Phi) is 2.78. The van der Waals surface area contributed by atoms with Crippen molar-refractivity contribution in [1.82, 2.24) is 0 Å². The van der Waals surface area contributed by atoms with Crippen LogP contribution in [-0.2, 0) is 0 Å². The fraction of sp³-hybridized carbons (Fsp3) is 0.364. The van der Waals surface area contributed by atoms with Crippen molar-refractivity contribution in [3.63, 3.8) is 0 Å². The fourth-order valence-electron chi connectivity index (χ4n) is 1.82. The second kappa shape index (κ2) is 4.09. The van der Waals surface area contributed by atoms with Crippen LogP contribution in [0.4, 0.5) is 10.1 Å². The first-order chi connectivity index (χ1) is 7.56. The highest BCUT2D eigenvalue weighted by molar-refractivity contribution is 5.94. The van der Waals surface area contributed by atoms with Crippen molar-refractivity contribution < 1.29 is 9.18 Å². The summed E-state index contributed by atoms with van der Waals surface area (Å²) in [4.78, 5) is 10.9. The van der Waals surface area contributed by atoms with Gasteiger partial charge in [-0.05, 0) is 31.0 Å². The van der Waals surface area contributed by atoms with E-state index in [4.69, 9.17) is 11.5 Å². The predicted octanol–water partition coefficient (Wildman–Crippen LogP) is 0.826. The summed E-state index contributed by atoms with van der Waals surface area (Å²) in [5.74, 6) is -1.35. The number of carbonyl (C=O) groups excluding carboxylic acids is 1. The molecule has 0 heterocycles. The summed E-state index contributed by atoms with van der Waals surface area (Å²) in [5, 5.41) is 3.18. The molecular weight excluding hydrogens is 209 g/mol. The Bertz CT molecular complexity index is 416. The van der Waals surface area contributed by atoms with Crippen molar-refractivity contribution in [2.45, 2.75) is 24.9 Å². The molecule has 1 aromatic carbocycles. The van der Waals surface area contributed by atoms with Crippen LogP contribution in [0.3, 0.4) is 0 Å². The van der Waals surface area contributed by atoms with Gasteiger partial charge in [-0.2, -0.15) is 0 Å². The van der Waals surface area contributed by atoms with Gasteiger partial charge in [-0.3, -0.25) is 4.79 Å². The van der Waals surface area contributed by atoms with Crippen LogP contribution in [0, 0.1) is 5.82 Å². The summed E-state index contributed by atoms with van der Waals surface area (Å²) in [5.41, 5.74) is 11.3. The zero-order valence-electron chi connectivity index (χ0n) is 8.74. The molecule has 16 heavy (non-hydrogen) atoms. The Labute approximate surface area is 92.8 Å². The largest absolute Gasteiger partial charge is 0.382 e. The third-order valence-corrected chi connectivity index (χ3v) is 2.78. The molecule has 86 valence electrons. The monoisotopic (exact) mass is 223 g/mol. The van der Waals surface area contributed by atoms with E-state index in [1.165, 1.54) is 12.1 Å². The van der Waals surface area contributed by atoms with Gasteiger partial charge < -0.3 is 16.8 Å². The molecule has 0 unspecified atom stereocenters. The van der Waals surface area contributed by atoms with Gasteiger partial charge in [-0.15, -0.1) is 0 Å². The molecule has 0 aromatic heterocycles. The van der Waals surface area contributed by atoms with E-state index in [2.05, 4.69) is 5.32 Å². The molecule has 0 atom stereocenters. The van der Waals surface area contributed by atoms with Crippen molar-refractivity contribution in [2.75, 3.05) is 5.32 Å². The summed E-state index contributed by atoms with van der Waals surface area (Å²) < 4.78 is 13.2. The van der Waals surface area contributed by atoms with Crippen LogP contribution in [0.15, 0.2) is 18.2 Å². The minimum Gasteiger partial charge on any atom is -0.382 e. The number of anilines is 1. The second-order valence-corrected chi connectivity index (χ2v) is 4.13. The Morgan fingerprint density at radius 3 is 2.69 bits per heavy atom. The zero-order valence-corrected chi connectivity index (χ0v) is 8.74. The van der Waals surface area contributed by atoms with E-state index in [1.54, 1.807) is 6.07 Å². The van der Waals surface area contributed by atoms with Crippen LogP contribution in [0.5, 0.6) is 0 Å². The van der Waals surface area contributed by atoms with Crippen LogP contribution in [0.2, 0.25) is 0 Å². The number of nitrogens with one attached hydrogen (secondary N) is 1. The maximum absolute atomic E-state index is 13.2. The van der Waals surface area contributed by atoms with E-state index in [1.807, 2.05) is 0 Å². The molecule has 1 fully saturated rings. The number of amides is 1. The molecular formula is C11H14FN3O. The van der Waals surface area contributed by atoms with Crippen LogP contribution in [0.25, 0.3) is 0 Å². The third kappa shape index (κ3) is 2.14. The van der Waals surface area contributed by atoms with Crippen molar-refractivity contribution in [3.8, 4) is 0 Å². The number of primary amides is 1. The fourth-order valence-corrected chi connectivity index (χ4v) is 1.82. The van der Waals surface area contributed by atoms with Crippen LogP contribution < -0.4 is 16.8 Å². The van der Waals surface area contributed by atoms with E-state index < -0.39 is 11.7 Å². The molecule has 1 aliphatic rings. The van der Waals surface area contributed by atoms with E-state index in [0.717, 1.165) is 12.8 Å². The highest BCUT2D eigenvalue weighted by atomic mass is 19.1. The topological polar surface area (TPSA) is 81.1 Å². The lowest BCUT2D eigenvalue weighted by Crippen LogP contribution is -2.44. The summed E-state index contributed by atoms with van der Waals surface area (Å²) in [6.07, 6.45) is 1.78. The lowest BCUT2D eigenvalue weighted by molar-refractivity contribution is 0.0996. The van der Waals surface area contributed by atoms with E-state index in [9.17, 15) is 9.18 Å². The number of benzene rings is 1. The molecule has 4 nitrogen and oxygen atoms in total. The molecule has 5 heteroatoms. The standard InChI is InChI=1S/C11H14FN3O/c12-10-2-1-7(5-9(10)11(14)16)15-8-3-6(13)4-8/h1-2,5-6,8,15H,3-4,13H2,(H2,14,16). The molecule has 0 spiro atoms. The summed E-state index contributed by atoms with van der Waals surface area (Å²) in [6, 6.07) is 4.81. The zero-order chi connectivity index (χ0) is 11.7. The van der Waals surface area contributed by atoms with Crippen molar-refractivity contribution in [3.05, 3.63) is 29.6 Å². The number of nitrogens with two attached hydrogens (primary N) is 2. The van der Waals surface area contributed by atoms with Gasteiger partial charge in [-0.1, -0.05) is 0 Å². The van der Waals surface area contributed by atoms with Gasteiger partial charge in [0, 0.05) is 17.8 Å². The Balaban J connectivity index is 2.10. The lowest BCUT2D eigenvalue weighted by Gasteiger charge is -2.33. The van der Waals surface area contributed by atoms with Crippen LogP contribution in [-0.4, -0.2) is 18.0 Å². The van der Waals surface area contributed by atoms with E-state index >= 15 is 0 Å². The van der Waals surface area contributed by atoms with Crippen molar-refractivity contribution in [1.29, 1.82) is 0 Å². The molecule has 2 rings (SSSR count). The highest BCUT2D eigenvalue weighted by Crippen LogP contribution is 2.23. The van der Waals surface area contributed by atoms with Gasteiger partial charge in [-0.25, -0.2) is 4.39 Å². The van der Waals surface area contributed by atoms with Gasteiger partial charge >= 0.3 is 0 Å². The number of hydrogen-bond acceptors (Lipinski definition) is 3. The second-order valence-electron chi connectivity index (χ2n) is 4.13. The SMILES string of the molecule is NC(=O)c1cc(NC2CC(N)C2)ccc1F. The van der Waals surface area contributed by atoms with Crippen molar-refractivity contribution >= 4 is 11.6 Å².